The molecule has 0 saturated carbocycles. The van der Waals surface area contributed by atoms with Gasteiger partial charge in [0, 0.05) is 17.1 Å². The molecule has 3 unspecified atom stereocenters. The molecule has 6 heteroatoms. The molecule has 1 fully saturated rings. The number of fused-ring (bicyclic) bond motifs is 1. The SMILES string of the molecule is CC(C)CCC1CN(C(=O)O)C2ON=C(C#Cc3cccc(Cl)c3)C12. The molecule has 1 aromatic carbocycles. The summed E-state index contributed by atoms with van der Waals surface area (Å²) in [6, 6.07) is 7.30. The molecule has 2 aliphatic heterocycles. The second-order valence-corrected chi connectivity index (χ2v) is 7.36. The molecule has 132 valence electrons. The van der Waals surface area contributed by atoms with Gasteiger partial charge in [0.05, 0.1) is 5.92 Å². The Morgan fingerprint density at radius 3 is 2.96 bits per heavy atom. The molecule has 0 spiro atoms. The molecule has 25 heavy (non-hydrogen) atoms. The number of carboxylic acid groups (broad SMARTS) is 1. The van der Waals surface area contributed by atoms with Crippen LogP contribution in [-0.4, -0.2) is 34.6 Å². The fourth-order valence-electron chi connectivity index (χ4n) is 3.36. The van der Waals surface area contributed by atoms with Crippen molar-refractivity contribution in [1.82, 2.24) is 4.90 Å². The summed E-state index contributed by atoms with van der Waals surface area (Å²) in [7, 11) is 0. The highest BCUT2D eigenvalue weighted by Crippen LogP contribution is 2.38. The van der Waals surface area contributed by atoms with Crippen molar-refractivity contribution in [3.8, 4) is 11.8 Å². The zero-order valence-electron chi connectivity index (χ0n) is 14.3. The number of oxime groups is 1. The Balaban J connectivity index is 1.80. The van der Waals surface area contributed by atoms with E-state index in [-0.39, 0.29) is 11.8 Å². The van der Waals surface area contributed by atoms with Crippen molar-refractivity contribution in [2.24, 2.45) is 22.9 Å². The van der Waals surface area contributed by atoms with Gasteiger partial charge in [0.25, 0.3) is 0 Å². The molecule has 0 aliphatic carbocycles. The first-order chi connectivity index (χ1) is 12.0. The highest BCUT2D eigenvalue weighted by molar-refractivity contribution is 6.30. The van der Waals surface area contributed by atoms with E-state index in [0.29, 0.717) is 23.2 Å². The molecular weight excluding hydrogens is 340 g/mol. The Kier molecular flexibility index (Phi) is 5.19. The lowest BCUT2D eigenvalue weighted by atomic mass is 9.85. The molecule has 2 heterocycles. The number of likely N-dealkylation sites (tertiary alicyclic amines) is 1. The predicted molar refractivity (Wildman–Crippen MR) is 96.4 cm³/mol. The predicted octanol–water partition coefficient (Wildman–Crippen LogP) is 4.07. The Labute approximate surface area is 152 Å². The third-order valence-electron chi connectivity index (χ3n) is 4.65. The lowest BCUT2D eigenvalue weighted by molar-refractivity contribution is -0.0178. The molecule has 0 aromatic heterocycles. The molecular formula is C19H21ClN2O3. The Bertz CT molecular complexity index is 751. The van der Waals surface area contributed by atoms with Gasteiger partial charge in [-0.05, 0) is 42.4 Å². The number of carbonyl (C=O) groups is 1. The van der Waals surface area contributed by atoms with Crippen LogP contribution in [0.3, 0.4) is 0 Å². The molecule has 1 N–H and O–H groups in total. The van der Waals surface area contributed by atoms with Crippen molar-refractivity contribution in [3.63, 3.8) is 0 Å². The summed E-state index contributed by atoms with van der Waals surface area (Å²) in [6.45, 7) is 4.80. The van der Waals surface area contributed by atoms with Crippen LogP contribution in [0.5, 0.6) is 0 Å². The summed E-state index contributed by atoms with van der Waals surface area (Å²) >= 11 is 5.98. The minimum absolute atomic E-state index is 0.0958. The van der Waals surface area contributed by atoms with Gasteiger partial charge in [0.2, 0.25) is 6.23 Å². The largest absolute Gasteiger partial charge is 0.465 e. The minimum atomic E-state index is -0.971. The van der Waals surface area contributed by atoms with Crippen LogP contribution < -0.4 is 0 Å². The van der Waals surface area contributed by atoms with E-state index in [1.165, 1.54) is 4.90 Å². The minimum Gasteiger partial charge on any atom is -0.465 e. The summed E-state index contributed by atoms with van der Waals surface area (Å²) in [5.41, 5.74) is 1.42. The van der Waals surface area contributed by atoms with Crippen molar-refractivity contribution in [1.29, 1.82) is 0 Å². The van der Waals surface area contributed by atoms with Gasteiger partial charge in [-0.1, -0.05) is 49.0 Å². The molecule has 0 bridgehead atoms. The highest BCUT2D eigenvalue weighted by atomic mass is 35.5. The number of hydrogen-bond acceptors (Lipinski definition) is 3. The third-order valence-corrected chi connectivity index (χ3v) is 4.88. The number of nitrogens with zero attached hydrogens (tertiary/aromatic N) is 2. The molecule has 3 rings (SSSR count). The van der Waals surface area contributed by atoms with E-state index in [1.807, 2.05) is 12.1 Å². The lowest BCUT2D eigenvalue weighted by Gasteiger charge is -2.17. The number of amides is 1. The van der Waals surface area contributed by atoms with E-state index in [9.17, 15) is 9.90 Å². The normalized spacial score (nSPS) is 24.4. The second kappa shape index (κ2) is 7.37. The van der Waals surface area contributed by atoms with E-state index in [2.05, 4.69) is 30.8 Å². The van der Waals surface area contributed by atoms with Crippen LogP contribution >= 0.6 is 11.6 Å². The Morgan fingerprint density at radius 2 is 2.28 bits per heavy atom. The van der Waals surface area contributed by atoms with Crippen molar-refractivity contribution < 1.29 is 14.7 Å². The Hall–Kier alpha value is -2.19. The first-order valence-corrected chi connectivity index (χ1v) is 8.84. The molecule has 2 aliphatic rings. The summed E-state index contributed by atoms with van der Waals surface area (Å²) in [4.78, 5) is 18.3. The molecule has 0 radical (unpaired) electrons. The first kappa shape index (κ1) is 17.6. The Morgan fingerprint density at radius 1 is 1.48 bits per heavy atom. The van der Waals surface area contributed by atoms with Gasteiger partial charge >= 0.3 is 6.09 Å². The maximum atomic E-state index is 11.5. The first-order valence-electron chi connectivity index (χ1n) is 8.46. The summed E-state index contributed by atoms with van der Waals surface area (Å²) in [5, 5.41) is 14.1. The van der Waals surface area contributed by atoms with E-state index < -0.39 is 12.3 Å². The maximum Gasteiger partial charge on any atom is 0.410 e. The van der Waals surface area contributed by atoms with Crippen LogP contribution in [0.4, 0.5) is 4.79 Å². The molecule has 5 nitrogen and oxygen atoms in total. The smallest absolute Gasteiger partial charge is 0.410 e. The second-order valence-electron chi connectivity index (χ2n) is 6.92. The van der Waals surface area contributed by atoms with Crippen LogP contribution in [0.1, 0.15) is 32.3 Å². The fraction of sp³-hybridized carbons (Fsp3) is 0.474. The number of hydrogen-bond donors (Lipinski definition) is 1. The van der Waals surface area contributed by atoms with Crippen LogP contribution in [-0.2, 0) is 4.84 Å². The third kappa shape index (κ3) is 3.91. The summed E-state index contributed by atoms with van der Waals surface area (Å²) in [6.07, 6.45) is 0.444. The molecule has 1 aromatic rings. The zero-order chi connectivity index (χ0) is 18.0. The van der Waals surface area contributed by atoms with Gasteiger partial charge in [-0.2, -0.15) is 0 Å². The van der Waals surface area contributed by atoms with E-state index in [1.54, 1.807) is 12.1 Å². The molecule has 1 saturated heterocycles. The van der Waals surface area contributed by atoms with E-state index in [4.69, 9.17) is 16.4 Å². The van der Waals surface area contributed by atoms with Crippen LogP contribution in [0, 0.1) is 29.6 Å². The zero-order valence-corrected chi connectivity index (χ0v) is 15.0. The fourth-order valence-corrected chi connectivity index (χ4v) is 3.55. The van der Waals surface area contributed by atoms with Gasteiger partial charge < -0.3 is 9.94 Å². The average Bonchev–Trinajstić information content (AvgIpc) is 3.11. The van der Waals surface area contributed by atoms with Crippen molar-refractivity contribution >= 4 is 23.4 Å². The molecule has 1 amide bonds. The van der Waals surface area contributed by atoms with Gasteiger partial charge in [-0.3, -0.25) is 4.90 Å². The van der Waals surface area contributed by atoms with Gasteiger partial charge in [0.1, 0.15) is 5.71 Å². The highest BCUT2D eigenvalue weighted by Gasteiger charge is 2.51. The lowest BCUT2D eigenvalue weighted by Crippen LogP contribution is -2.36. The van der Waals surface area contributed by atoms with Crippen LogP contribution in [0.15, 0.2) is 29.4 Å². The number of rotatable bonds is 3. The number of halogens is 1. The van der Waals surface area contributed by atoms with Gasteiger partial charge in [-0.25, -0.2) is 4.79 Å². The standard InChI is InChI=1S/C19H21ClN2O3/c1-12(2)6-8-14-11-22(19(23)24)18-17(14)16(21-25-18)9-7-13-4-3-5-15(20)10-13/h3-5,10,12,14,17-18H,6,8,11H2,1-2H3,(H,23,24). The number of benzene rings is 1. The summed E-state index contributed by atoms with van der Waals surface area (Å²) < 4.78 is 0. The van der Waals surface area contributed by atoms with Crippen molar-refractivity contribution in [2.45, 2.75) is 32.9 Å². The quantitative estimate of drug-likeness (QED) is 0.826. The maximum absolute atomic E-state index is 11.5. The van der Waals surface area contributed by atoms with Crippen LogP contribution in [0.2, 0.25) is 5.02 Å². The molecule has 3 atom stereocenters. The van der Waals surface area contributed by atoms with E-state index in [0.717, 1.165) is 18.4 Å². The van der Waals surface area contributed by atoms with Crippen molar-refractivity contribution in [3.05, 3.63) is 34.9 Å². The topological polar surface area (TPSA) is 62.1 Å². The monoisotopic (exact) mass is 360 g/mol. The van der Waals surface area contributed by atoms with Gasteiger partial charge in [0.15, 0.2) is 0 Å². The van der Waals surface area contributed by atoms with Crippen LogP contribution in [0.25, 0.3) is 0 Å². The van der Waals surface area contributed by atoms with Gasteiger partial charge in [-0.15, -0.1) is 0 Å². The summed E-state index contributed by atoms with van der Waals surface area (Å²) in [5.74, 6) is 6.78. The van der Waals surface area contributed by atoms with E-state index >= 15 is 0 Å². The average molecular weight is 361 g/mol. The van der Waals surface area contributed by atoms with Crippen molar-refractivity contribution in [2.75, 3.05) is 6.54 Å².